The molecule has 1 heterocycles. The van der Waals surface area contributed by atoms with E-state index in [2.05, 4.69) is 10.3 Å². The van der Waals surface area contributed by atoms with Crippen molar-refractivity contribution in [3.8, 4) is 0 Å². The molecule has 0 aromatic carbocycles. The van der Waals surface area contributed by atoms with E-state index in [9.17, 15) is 10.1 Å². The van der Waals surface area contributed by atoms with Gasteiger partial charge in [0.2, 0.25) is 0 Å². The van der Waals surface area contributed by atoms with E-state index in [0.717, 1.165) is 0 Å². The van der Waals surface area contributed by atoms with Crippen molar-refractivity contribution in [1.29, 1.82) is 0 Å². The Morgan fingerprint density at radius 2 is 2.50 bits per heavy atom. The molecular formula is C8H11N3O3. The standard InChI is InChI=1S/C8H11N3O3/c1-6(5-12)10-7-3-2-4-9-8(7)11(13)14/h2-4,6,10,12H,5H2,1H3. The molecule has 1 rings (SSSR count). The molecule has 0 radical (unpaired) electrons. The Balaban J connectivity index is 2.90. The molecule has 0 fully saturated rings. The third-order valence-corrected chi connectivity index (χ3v) is 1.64. The lowest BCUT2D eigenvalue weighted by Crippen LogP contribution is -2.20. The molecule has 6 heteroatoms. The second kappa shape index (κ2) is 4.52. The predicted molar refractivity (Wildman–Crippen MR) is 51.1 cm³/mol. The molecule has 0 spiro atoms. The van der Waals surface area contributed by atoms with Crippen LogP contribution in [0.1, 0.15) is 6.92 Å². The summed E-state index contributed by atoms with van der Waals surface area (Å²) in [6.45, 7) is 1.63. The van der Waals surface area contributed by atoms with Gasteiger partial charge in [-0.3, -0.25) is 0 Å². The molecule has 0 bridgehead atoms. The second-order valence-electron chi connectivity index (χ2n) is 2.86. The maximum absolute atomic E-state index is 10.5. The number of anilines is 1. The average Bonchev–Trinajstić information content (AvgIpc) is 2.18. The molecule has 1 atom stereocenters. The van der Waals surface area contributed by atoms with Gasteiger partial charge in [0.05, 0.1) is 6.61 Å². The first kappa shape index (κ1) is 10.4. The molecule has 0 saturated heterocycles. The summed E-state index contributed by atoms with van der Waals surface area (Å²) in [6, 6.07) is 2.91. The molecule has 76 valence electrons. The van der Waals surface area contributed by atoms with Gasteiger partial charge in [-0.2, -0.15) is 0 Å². The van der Waals surface area contributed by atoms with E-state index in [0.29, 0.717) is 5.69 Å². The highest BCUT2D eigenvalue weighted by Gasteiger charge is 2.14. The smallest absolute Gasteiger partial charge is 0.386 e. The van der Waals surface area contributed by atoms with Crippen LogP contribution in [0.5, 0.6) is 0 Å². The predicted octanol–water partition coefficient (Wildman–Crippen LogP) is 0.782. The minimum Gasteiger partial charge on any atom is -0.394 e. The molecule has 1 unspecified atom stereocenters. The number of aliphatic hydroxyl groups is 1. The number of nitro groups is 1. The molecule has 1 aromatic heterocycles. The van der Waals surface area contributed by atoms with Gasteiger partial charge in [0, 0.05) is 6.04 Å². The summed E-state index contributed by atoms with van der Waals surface area (Å²) in [5.74, 6) is -0.229. The summed E-state index contributed by atoms with van der Waals surface area (Å²) >= 11 is 0. The Bertz CT molecular complexity index is 329. The lowest BCUT2D eigenvalue weighted by Gasteiger charge is -2.11. The Kier molecular flexibility index (Phi) is 3.35. The second-order valence-corrected chi connectivity index (χ2v) is 2.86. The van der Waals surface area contributed by atoms with Crippen molar-refractivity contribution in [2.45, 2.75) is 13.0 Å². The lowest BCUT2D eigenvalue weighted by molar-refractivity contribution is -0.388. The first-order valence-electron chi connectivity index (χ1n) is 4.12. The van der Waals surface area contributed by atoms with Gasteiger partial charge >= 0.3 is 5.82 Å². The minimum absolute atomic E-state index is 0.0912. The zero-order valence-corrected chi connectivity index (χ0v) is 7.67. The maximum atomic E-state index is 10.5. The number of aromatic nitrogens is 1. The Morgan fingerprint density at radius 1 is 1.79 bits per heavy atom. The summed E-state index contributed by atoms with van der Waals surface area (Å²) in [7, 11) is 0. The monoisotopic (exact) mass is 197 g/mol. The Hall–Kier alpha value is -1.69. The van der Waals surface area contributed by atoms with Crippen molar-refractivity contribution in [2.24, 2.45) is 0 Å². The van der Waals surface area contributed by atoms with Crippen LogP contribution in [0.4, 0.5) is 11.5 Å². The van der Waals surface area contributed by atoms with Gasteiger partial charge < -0.3 is 20.5 Å². The highest BCUT2D eigenvalue weighted by Crippen LogP contribution is 2.20. The Labute approximate surface area is 80.7 Å². The first-order valence-corrected chi connectivity index (χ1v) is 4.12. The topological polar surface area (TPSA) is 88.3 Å². The van der Waals surface area contributed by atoms with Crippen LogP contribution in [0.25, 0.3) is 0 Å². The van der Waals surface area contributed by atoms with E-state index in [1.54, 1.807) is 19.1 Å². The van der Waals surface area contributed by atoms with Gasteiger partial charge in [0.15, 0.2) is 0 Å². The lowest BCUT2D eigenvalue weighted by atomic mass is 10.3. The van der Waals surface area contributed by atoms with Gasteiger partial charge in [0.1, 0.15) is 11.9 Å². The van der Waals surface area contributed by atoms with E-state index in [4.69, 9.17) is 5.11 Å². The molecular weight excluding hydrogens is 186 g/mol. The molecule has 0 aliphatic heterocycles. The maximum Gasteiger partial charge on any atom is 0.386 e. The average molecular weight is 197 g/mol. The molecule has 0 aliphatic rings. The van der Waals surface area contributed by atoms with Crippen LogP contribution in [0.2, 0.25) is 0 Å². The van der Waals surface area contributed by atoms with Crippen LogP contribution in [0.15, 0.2) is 18.3 Å². The molecule has 0 amide bonds. The van der Waals surface area contributed by atoms with Crippen LogP contribution in [0, 0.1) is 10.1 Å². The third kappa shape index (κ3) is 2.40. The van der Waals surface area contributed by atoms with Crippen LogP contribution in [-0.2, 0) is 0 Å². The molecule has 0 aliphatic carbocycles. The van der Waals surface area contributed by atoms with Crippen molar-refractivity contribution in [1.82, 2.24) is 4.98 Å². The molecule has 14 heavy (non-hydrogen) atoms. The van der Waals surface area contributed by atoms with Crippen molar-refractivity contribution in [3.05, 3.63) is 28.4 Å². The fourth-order valence-corrected chi connectivity index (χ4v) is 0.966. The number of nitrogens with zero attached hydrogens (tertiary/aromatic N) is 2. The van der Waals surface area contributed by atoms with Gasteiger partial charge in [-0.15, -0.1) is 0 Å². The van der Waals surface area contributed by atoms with Gasteiger partial charge in [-0.25, -0.2) is 0 Å². The quantitative estimate of drug-likeness (QED) is 0.550. The van der Waals surface area contributed by atoms with E-state index < -0.39 is 4.92 Å². The zero-order chi connectivity index (χ0) is 10.6. The summed E-state index contributed by atoms with van der Waals surface area (Å²) in [4.78, 5) is 13.6. The van der Waals surface area contributed by atoms with Crippen molar-refractivity contribution < 1.29 is 10.0 Å². The largest absolute Gasteiger partial charge is 0.394 e. The first-order chi connectivity index (χ1) is 6.65. The molecule has 0 saturated carbocycles. The van der Waals surface area contributed by atoms with Crippen LogP contribution in [-0.4, -0.2) is 27.7 Å². The highest BCUT2D eigenvalue weighted by molar-refractivity contribution is 5.56. The third-order valence-electron chi connectivity index (χ3n) is 1.64. The van der Waals surface area contributed by atoms with Crippen LogP contribution >= 0.6 is 0 Å². The fourth-order valence-electron chi connectivity index (χ4n) is 0.966. The number of aliphatic hydroxyl groups excluding tert-OH is 1. The van der Waals surface area contributed by atoms with Crippen LogP contribution in [0.3, 0.4) is 0 Å². The Morgan fingerprint density at radius 3 is 3.07 bits per heavy atom. The van der Waals surface area contributed by atoms with Gasteiger partial charge in [0.25, 0.3) is 0 Å². The summed E-state index contributed by atoms with van der Waals surface area (Å²) in [6.07, 6.45) is 1.35. The molecule has 6 nitrogen and oxygen atoms in total. The van der Waals surface area contributed by atoms with Gasteiger partial charge in [-0.1, -0.05) is 0 Å². The zero-order valence-electron chi connectivity index (χ0n) is 7.67. The van der Waals surface area contributed by atoms with E-state index >= 15 is 0 Å². The van der Waals surface area contributed by atoms with Gasteiger partial charge in [-0.05, 0) is 29.0 Å². The normalized spacial score (nSPS) is 12.1. The number of hydrogen-bond acceptors (Lipinski definition) is 5. The fraction of sp³-hybridized carbons (Fsp3) is 0.375. The van der Waals surface area contributed by atoms with Crippen molar-refractivity contribution in [3.63, 3.8) is 0 Å². The van der Waals surface area contributed by atoms with E-state index in [1.165, 1.54) is 6.20 Å². The van der Waals surface area contributed by atoms with Crippen molar-refractivity contribution >= 4 is 11.5 Å². The number of pyridine rings is 1. The molecule has 2 N–H and O–H groups in total. The van der Waals surface area contributed by atoms with Crippen LogP contribution < -0.4 is 5.32 Å². The number of rotatable bonds is 4. The summed E-state index contributed by atoms with van der Waals surface area (Å²) in [5, 5.41) is 22.1. The van der Waals surface area contributed by atoms with Crippen molar-refractivity contribution in [2.75, 3.05) is 11.9 Å². The SMILES string of the molecule is CC(CO)Nc1cccnc1[N+](=O)[O-]. The summed E-state index contributed by atoms with van der Waals surface area (Å²) in [5.41, 5.74) is 0.319. The van der Waals surface area contributed by atoms with E-state index in [-0.39, 0.29) is 18.5 Å². The highest BCUT2D eigenvalue weighted by atomic mass is 16.6. The minimum atomic E-state index is -0.563. The molecule has 1 aromatic rings. The number of nitrogens with one attached hydrogen (secondary N) is 1. The number of hydrogen-bond donors (Lipinski definition) is 2. The van der Waals surface area contributed by atoms with E-state index in [1.807, 2.05) is 0 Å². The summed E-state index contributed by atoms with van der Waals surface area (Å²) < 4.78 is 0.